The number of quaternary nitrogens is 1. The SMILES string of the molecule is CCCCCCCCCCCCCCCCCCCC/C=C/CC/C=C/CC/C=C/C(O)C(COP(=O)([O-])OCC[N+](C)(C)C)NC(=O)CCCCCCCCCCCCCCCCCCCCCCCCCCCCCCCCCCC. The number of nitrogens with zero attached hydrogens (tertiary/aromatic N) is 1. The molecule has 0 radical (unpaired) electrons. The van der Waals surface area contributed by atoms with E-state index in [1.807, 2.05) is 27.2 Å². The lowest BCUT2D eigenvalue weighted by Crippen LogP contribution is -2.45. The van der Waals surface area contributed by atoms with Gasteiger partial charge in [0.1, 0.15) is 13.2 Å². The van der Waals surface area contributed by atoms with E-state index in [4.69, 9.17) is 9.05 Å². The largest absolute Gasteiger partial charge is 0.756 e. The van der Waals surface area contributed by atoms with Crippen molar-refractivity contribution in [3.8, 4) is 0 Å². The molecule has 9 heteroatoms. The highest BCUT2D eigenvalue weighted by Gasteiger charge is 2.23. The maximum atomic E-state index is 13.0. The molecule has 8 nitrogen and oxygen atoms in total. The van der Waals surface area contributed by atoms with Crippen molar-refractivity contribution in [1.29, 1.82) is 0 Å². The molecule has 0 heterocycles. The number of rotatable bonds is 69. The van der Waals surface area contributed by atoms with Gasteiger partial charge in [0.15, 0.2) is 0 Å². The standard InChI is InChI=1S/C74H145N2O6P/c1-6-8-10-12-14-16-18-20-22-24-26-28-30-32-34-36-37-38-39-40-42-44-46-48-50-52-54-56-58-60-62-64-66-68-74(78)75-72(71-82-83(79,80)81-70-69-76(3,4)5)73(77)67-65-63-61-59-57-55-53-51-49-47-45-43-41-35-33-31-29-27-25-23-21-19-17-15-13-11-9-7-2/h49,51,57,59,65,67,72-73,77H,6-48,50,52-56,58,60-64,66,68-71H2,1-5H3,(H-,75,78,79,80)/b51-49+,59-57+,67-65+. The number of carbonyl (C=O) groups excluding carboxylic acids is 1. The molecule has 0 aromatic heterocycles. The quantitative estimate of drug-likeness (QED) is 0.0272. The van der Waals surface area contributed by atoms with E-state index in [2.05, 4.69) is 43.5 Å². The average Bonchev–Trinajstić information content (AvgIpc) is 3.49. The van der Waals surface area contributed by atoms with Crippen molar-refractivity contribution in [2.45, 2.75) is 392 Å². The maximum Gasteiger partial charge on any atom is 0.268 e. The Labute approximate surface area is 518 Å². The molecule has 0 fully saturated rings. The smallest absolute Gasteiger partial charge is 0.268 e. The average molecular weight is 1190 g/mol. The molecular formula is C74H145N2O6P. The van der Waals surface area contributed by atoms with E-state index in [-0.39, 0.29) is 12.5 Å². The molecule has 0 saturated heterocycles. The number of nitrogens with one attached hydrogen (secondary N) is 1. The van der Waals surface area contributed by atoms with E-state index in [0.717, 1.165) is 44.9 Å². The minimum absolute atomic E-state index is 0.00702. The first kappa shape index (κ1) is 81.7. The van der Waals surface area contributed by atoms with Crippen molar-refractivity contribution < 1.29 is 32.9 Å². The van der Waals surface area contributed by atoms with E-state index in [9.17, 15) is 19.4 Å². The van der Waals surface area contributed by atoms with Gasteiger partial charge in [-0.05, 0) is 44.9 Å². The van der Waals surface area contributed by atoms with E-state index in [1.165, 1.54) is 315 Å². The Morgan fingerprint density at radius 3 is 0.976 bits per heavy atom. The maximum absolute atomic E-state index is 13.0. The zero-order valence-corrected chi connectivity index (χ0v) is 57.3. The summed E-state index contributed by atoms with van der Waals surface area (Å²) in [4.78, 5) is 25.6. The Bertz CT molecular complexity index is 1450. The third-order valence-electron chi connectivity index (χ3n) is 17.1. The minimum atomic E-state index is -4.62. The number of amides is 1. The van der Waals surface area contributed by atoms with Crippen LogP contribution in [-0.4, -0.2) is 68.5 Å². The van der Waals surface area contributed by atoms with Gasteiger partial charge in [0.2, 0.25) is 5.91 Å². The second-order valence-electron chi connectivity index (χ2n) is 26.6. The van der Waals surface area contributed by atoms with Crippen LogP contribution in [0, 0.1) is 0 Å². The first-order valence-electron chi connectivity index (χ1n) is 36.9. The molecule has 3 unspecified atom stereocenters. The van der Waals surface area contributed by atoms with Gasteiger partial charge in [-0.1, -0.05) is 365 Å². The molecule has 0 aromatic carbocycles. The molecule has 0 rings (SSSR count). The highest BCUT2D eigenvalue weighted by molar-refractivity contribution is 7.45. The second kappa shape index (κ2) is 65.2. The molecule has 3 atom stereocenters. The van der Waals surface area contributed by atoms with Gasteiger partial charge in [-0.25, -0.2) is 0 Å². The van der Waals surface area contributed by atoms with Crippen LogP contribution in [0.5, 0.6) is 0 Å². The molecule has 0 bridgehead atoms. The van der Waals surface area contributed by atoms with Crippen LogP contribution in [-0.2, 0) is 18.4 Å². The van der Waals surface area contributed by atoms with Gasteiger partial charge < -0.3 is 28.8 Å². The lowest BCUT2D eigenvalue weighted by atomic mass is 10.0. The van der Waals surface area contributed by atoms with Gasteiger partial charge >= 0.3 is 0 Å². The highest BCUT2D eigenvalue weighted by atomic mass is 31.2. The Kier molecular flexibility index (Phi) is 64.2. The fourth-order valence-corrected chi connectivity index (χ4v) is 12.1. The third kappa shape index (κ3) is 68.1. The van der Waals surface area contributed by atoms with Crippen molar-refractivity contribution in [1.82, 2.24) is 5.32 Å². The summed E-state index contributed by atoms with van der Waals surface area (Å²) in [7, 11) is 1.25. The molecule has 0 aliphatic carbocycles. The highest BCUT2D eigenvalue weighted by Crippen LogP contribution is 2.38. The number of hydrogen-bond donors (Lipinski definition) is 2. The monoisotopic (exact) mass is 1190 g/mol. The van der Waals surface area contributed by atoms with Crippen LogP contribution < -0.4 is 10.2 Å². The van der Waals surface area contributed by atoms with Gasteiger partial charge in [-0.2, -0.15) is 0 Å². The number of aliphatic hydroxyl groups is 1. The number of unbranched alkanes of at least 4 members (excludes halogenated alkanes) is 52. The zero-order valence-electron chi connectivity index (χ0n) is 56.4. The van der Waals surface area contributed by atoms with Gasteiger partial charge in [0.05, 0.1) is 39.9 Å². The first-order chi connectivity index (χ1) is 40.5. The summed E-state index contributed by atoms with van der Waals surface area (Å²) in [5, 5.41) is 13.9. The number of phosphoric acid groups is 1. The molecule has 492 valence electrons. The molecule has 0 spiro atoms. The summed E-state index contributed by atoms with van der Waals surface area (Å²) in [5.41, 5.74) is 0. The van der Waals surface area contributed by atoms with Crippen molar-refractivity contribution in [3.05, 3.63) is 36.5 Å². The van der Waals surface area contributed by atoms with Crippen molar-refractivity contribution in [3.63, 3.8) is 0 Å². The first-order valence-corrected chi connectivity index (χ1v) is 38.3. The Balaban J connectivity index is 4.05. The van der Waals surface area contributed by atoms with Crippen molar-refractivity contribution in [2.75, 3.05) is 40.9 Å². The van der Waals surface area contributed by atoms with Crippen LogP contribution in [0.25, 0.3) is 0 Å². The predicted octanol–water partition coefficient (Wildman–Crippen LogP) is 23.0. The Hall–Kier alpha value is -1.28. The molecule has 1 amide bonds. The number of hydrogen-bond acceptors (Lipinski definition) is 6. The number of phosphoric ester groups is 1. The number of aliphatic hydroxyl groups excluding tert-OH is 1. The Morgan fingerprint density at radius 1 is 0.410 bits per heavy atom. The fourth-order valence-electron chi connectivity index (χ4n) is 11.4. The van der Waals surface area contributed by atoms with E-state index in [0.29, 0.717) is 17.4 Å². The van der Waals surface area contributed by atoms with Gasteiger partial charge in [0.25, 0.3) is 7.82 Å². The van der Waals surface area contributed by atoms with E-state index in [1.54, 1.807) is 6.08 Å². The number of likely N-dealkylation sites (N-methyl/N-ethyl adjacent to an activating group) is 1. The third-order valence-corrected chi connectivity index (χ3v) is 18.0. The molecule has 0 aliphatic rings. The van der Waals surface area contributed by atoms with Crippen LogP contribution in [0.1, 0.15) is 380 Å². The molecule has 0 aliphatic heterocycles. The topological polar surface area (TPSA) is 108 Å². The molecule has 2 N–H and O–H groups in total. The summed E-state index contributed by atoms with van der Waals surface area (Å²) >= 11 is 0. The normalized spacial score (nSPS) is 13.8. The Morgan fingerprint density at radius 2 is 0.675 bits per heavy atom. The summed E-state index contributed by atoms with van der Waals surface area (Å²) in [6, 6.07) is -0.910. The van der Waals surface area contributed by atoms with Crippen molar-refractivity contribution >= 4 is 13.7 Å². The van der Waals surface area contributed by atoms with Gasteiger partial charge in [0, 0.05) is 6.42 Å². The van der Waals surface area contributed by atoms with E-state index >= 15 is 0 Å². The lowest BCUT2D eigenvalue weighted by Gasteiger charge is -2.29. The molecule has 83 heavy (non-hydrogen) atoms. The predicted molar refractivity (Wildman–Crippen MR) is 362 cm³/mol. The van der Waals surface area contributed by atoms with E-state index < -0.39 is 26.6 Å². The fraction of sp³-hybridized carbons (Fsp3) is 0.905. The van der Waals surface area contributed by atoms with Gasteiger partial charge in [-0.3, -0.25) is 9.36 Å². The van der Waals surface area contributed by atoms with Crippen LogP contribution in [0.3, 0.4) is 0 Å². The molecule has 0 saturated carbocycles. The summed E-state index contributed by atoms with van der Waals surface area (Å²) < 4.78 is 23.5. The molecular weight excluding hydrogens is 1040 g/mol. The number of carbonyl (C=O) groups is 1. The summed E-state index contributed by atoms with van der Waals surface area (Å²) in [6.45, 7) is 4.69. The minimum Gasteiger partial charge on any atom is -0.756 e. The molecule has 0 aromatic rings. The van der Waals surface area contributed by atoms with Crippen LogP contribution >= 0.6 is 7.82 Å². The second-order valence-corrected chi connectivity index (χ2v) is 28.1. The zero-order chi connectivity index (χ0) is 60.5. The van der Waals surface area contributed by atoms with Crippen LogP contribution in [0.4, 0.5) is 0 Å². The van der Waals surface area contributed by atoms with Crippen LogP contribution in [0.2, 0.25) is 0 Å². The number of allylic oxidation sites excluding steroid dienone is 5. The lowest BCUT2D eigenvalue weighted by molar-refractivity contribution is -0.870. The summed E-state index contributed by atoms with van der Waals surface area (Å²) in [5.74, 6) is -0.203. The van der Waals surface area contributed by atoms with Crippen molar-refractivity contribution in [2.24, 2.45) is 0 Å². The van der Waals surface area contributed by atoms with Crippen LogP contribution in [0.15, 0.2) is 36.5 Å². The summed E-state index contributed by atoms with van der Waals surface area (Å²) in [6.07, 6.45) is 87.3. The van der Waals surface area contributed by atoms with Gasteiger partial charge in [-0.15, -0.1) is 0 Å².